The van der Waals surface area contributed by atoms with Gasteiger partial charge in [0.1, 0.15) is 29.7 Å². The lowest BCUT2D eigenvalue weighted by molar-refractivity contribution is -0.385. The van der Waals surface area contributed by atoms with E-state index in [-0.39, 0.29) is 34.9 Å². The third-order valence-electron chi connectivity index (χ3n) is 7.72. The number of aromatic nitrogens is 1. The maximum absolute atomic E-state index is 13.9. The van der Waals surface area contributed by atoms with E-state index < -0.39 is 10.8 Å². The van der Waals surface area contributed by atoms with Crippen molar-refractivity contribution >= 4 is 33.2 Å². The molecular weight excluding hydrogens is 614 g/mol. The molecule has 43 heavy (non-hydrogen) atoms. The van der Waals surface area contributed by atoms with Gasteiger partial charge in [-0.25, -0.2) is 4.98 Å². The fourth-order valence-electron chi connectivity index (χ4n) is 5.78. The highest BCUT2D eigenvalue weighted by atomic mass is 79.9. The van der Waals surface area contributed by atoms with Crippen LogP contribution in [0.4, 0.5) is 11.5 Å². The molecule has 3 aromatic rings. The van der Waals surface area contributed by atoms with Crippen LogP contribution in [0.15, 0.2) is 81.9 Å². The van der Waals surface area contributed by atoms with Crippen molar-refractivity contribution < 1.29 is 19.2 Å². The molecule has 5 rings (SSSR count). The quantitative estimate of drug-likeness (QED) is 0.222. The van der Waals surface area contributed by atoms with Crippen LogP contribution >= 0.6 is 15.9 Å². The SMILES string of the molecule is COc1ccc([C@@H]2C(C#N)=C(N)N(c3ccc(Br)cn3)C3=C2C(=O)CC(C)(C)C3)cc1COc1ccc([N+](=O)[O-])c(C)c1. The van der Waals surface area contributed by atoms with E-state index in [2.05, 4.69) is 27.0 Å². The predicted molar refractivity (Wildman–Crippen MR) is 164 cm³/mol. The number of methoxy groups -OCH3 is 1. The third-order valence-corrected chi connectivity index (χ3v) is 8.19. The fraction of sp³-hybridized carbons (Fsp3) is 0.281. The van der Waals surface area contributed by atoms with Crippen LogP contribution in [0.1, 0.15) is 49.3 Å². The number of benzene rings is 2. The topological polar surface area (TPSA) is 145 Å². The molecule has 0 saturated carbocycles. The van der Waals surface area contributed by atoms with Crippen LogP contribution in [0.2, 0.25) is 0 Å². The van der Waals surface area contributed by atoms with Crippen LogP contribution < -0.4 is 20.1 Å². The summed E-state index contributed by atoms with van der Waals surface area (Å²) in [5, 5.41) is 21.6. The number of allylic oxidation sites excluding steroid dienone is 3. The number of pyridine rings is 1. The minimum Gasteiger partial charge on any atom is -0.496 e. The van der Waals surface area contributed by atoms with Gasteiger partial charge in [0, 0.05) is 45.6 Å². The molecule has 0 spiro atoms. The van der Waals surface area contributed by atoms with Gasteiger partial charge in [-0.2, -0.15) is 5.26 Å². The van der Waals surface area contributed by atoms with Gasteiger partial charge in [-0.3, -0.25) is 19.8 Å². The van der Waals surface area contributed by atoms with E-state index in [4.69, 9.17) is 15.2 Å². The van der Waals surface area contributed by atoms with Crippen LogP contribution in [0.3, 0.4) is 0 Å². The molecule has 2 aliphatic rings. The number of anilines is 1. The first-order chi connectivity index (χ1) is 20.4. The Morgan fingerprint density at radius 1 is 1.21 bits per heavy atom. The highest BCUT2D eigenvalue weighted by molar-refractivity contribution is 9.10. The summed E-state index contributed by atoms with van der Waals surface area (Å²) in [7, 11) is 1.55. The standard InChI is InChI=1S/C32H30BrN5O5/c1-18-11-22(7-8-24(18)38(40)41)43-17-20-12-19(5-9-27(20)42-4)29-23(15-34)31(35)37(28-10-6-21(33)16-36-28)25-13-32(2,3)14-26(39)30(25)29/h5-12,16,29H,13-14,17,35H2,1-4H3/t29-/m1/s1. The van der Waals surface area contributed by atoms with Crippen LogP contribution in [0.5, 0.6) is 11.5 Å². The molecule has 0 saturated heterocycles. The molecule has 0 amide bonds. The molecule has 0 radical (unpaired) electrons. The number of nitro benzene ring substituents is 1. The maximum Gasteiger partial charge on any atom is 0.272 e. The number of ketones is 1. The Labute approximate surface area is 257 Å². The number of nitrogens with two attached hydrogens (primary N) is 1. The number of nitrogens with zero attached hydrogens (tertiary/aromatic N) is 4. The smallest absolute Gasteiger partial charge is 0.272 e. The minimum absolute atomic E-state index is 0.00872. The zero-order valence-electron chi connectivity index (χ0n) is 24.2. The van der Waals surface area contributed by atoms with Crippen LogP contribution in [-0.4, -0.2) is 22.8 Å². The summed E-state index contributed by atoms with van der Waals surface area (Å²) in [6.45, 7) is 5.82. The zero-order chi connectivity index (χ0) is 31.1. The molecule has 0 bridgehead atoms. The number of Topliss-reactive ketones (excluding diaryl/α,β-unsaturated/α-hetero) is 1. The lowest BCUT2D eigenvalue weighted by atomic mass is 9.68. The first-order valence-electron chi connectivity index (χ1n) is 13.6. The molecule has 2 aromatic carbocycles. The maximum atomic E-state index is 13.9. The van der Waals surface area contributed by atoms with E-state index >= 15 is 0 Å². The van der Waals surface area contributed by atoms with E-state index in [1.165, 1.54) is 6.07 Å². The van der Waals surface area contributed by atoms with Crippen LogP contribution in [0.25, 0.3) is 0 Å². The van der Waals surface area contributed by atoms with Crippen LogP contribution in [-0.2, 0) is 11.4 Å². The molecule has 10 nitrogen and oxygen atoms in total. The van der Waals surface area contributed by atoms with Crippen LogP contribution in [0, 0.1) is 33.8 Å². The minimum atomic E-state index is -0.693. The number of rotatable bonds is 7. The largest absolute Gasteiger partial charge is 0.496 e. The van der Waals surface area contributed by atoms with Crippen molar-refractivity contribution in [1.82, 2.24) is 4.98 Å². The fourth-order valence-corrected chi connectivity index (χ4v) is 6.01. The Morgan fingerprint density at radius 3 is 2.60 bits per heavy atom. The van der Waals surface area contributed by atoms with Gasteiger partial charge >= 0.3 is 0 Å². The van der Waals surface area contributed by atoms with Gasteiger partial charge in [0.15, 0.2) is 5.78 Å². The average Bonchev–Trinajstić information content (AvgIpc) is 2.95. The Balaban J connectivity index is 1.59. The Kier molecular flexibility index (Phi) is 7.99. The van der Waals surface area contributed by atoms with E-state index in [0.29, 0.717) is 52.4 Å². The number of ether oxygens (including phenoxy) is 2. The highest BCUT2D eigenvalue weighted by Gasteiger charge is 2.45. The molecule has 1 aliphatic carbocycles. The second-order valence-electron chi connectivity index (χ2n) is 11.4. The number of carbonyl (C=O) groups is 1. The Morgan fingerprint density at radius 2 is 1.98 bits per heavy atom. The Hall–Kier alpha value is -4.69. The third kappa shape index (κ3) is 5.70. The normalized spacial score (nSPS) is 17.8. The number of hydrogen-bond acceptors (Lipinski definition) is 9. The summed E-state index contributed by atoms with van der Waals surface area (Å²) >= 11 is 3.41. The first kappa shape index (κ1) is 29.8. The number of nitriles is 1. The molecule has 0 fully saturated rings. The molecule has 220 valence electrons. The number of nitro groups is 1. The van der Waals surface area contributed by atoms with Crippen molar-refractivity contribution in [2.75, 3.05) is 12.0 Å². The molecule has 2 heterocycles. The molecule has 1 aliphatic heterocycles. The van der Waals surface area contributed by atoms with Gasteiger partial charge in [0.2, 0.25) is 0 Å². The summed E-state index contributed by atoms with van der Waals surface area (Å²) in [6.07, 6.45) is 2.54. The van der Waals surface area contributed by atoms with Crippen molar-refractivity contribution in [2.45, 2.75) is 46.1 Å². The van der Waals surface area contributed by atoms with Gasteiger partial charge < -0.3 is 15.2 Å². The number of aryl methyl sites for hydroxylation is 1. The Bertz CT molecular complexity index is 1740. The van der Waals surface area contributed by atoms with E-state index in [0.717, 1.165) is 10.2 Å². The molecule has 0 unspecified atom stereocenters. The van der Waals surface area contributed by atoms with E-state index in [1.807, 2.05) is 32.0 Å². The second kappa shape index (κ2) is 11.5. The average molecular weight is 645 g/mol. The van der Waals surface area contributed by atoms with Crippen molar-refractivity contribution in [2.24, 2.45) is 11.1 Å². The second-order valence-corrected chi connectivity index (χ2v) is 12.3. The lowest BCUT2D eigenvalue weighted by Gasteiger charge is -2.43. The van der Waals surface area contributed by atoms with Gasteiger partial charge in [0.05, 0.1) is 29.6 Å². The first-order valence-corrected chi connectivity index (χ1v) is 14.4. The highest BCUT2D eigenvalue weighted by Crippen LogP contribution is 2.50. The summed E-state index contributed by atoms with van der Waals surface area (Å²) < 4.78 is 12.4. The van der Waals surface area contributed by atoms with E-state index in [1.54, 1.807) is 49.4 Å². The summed E-state index contributed by atoms with van der Waals surface area (Å²) in [5.74, 6) is 1.02. The zero-order valence-corrected chi connectivity index (χ0v) is 25.8. The summed E-state index contributed by atoms with van der Waals surface area (Å²) in [4.78, 5) is 30.9. The van der Waals surface area contributed by atoms with Gasteiger partial charge in [-0.05, 0) is 76.7 Å². The molecule has 2 N–H and O–H groups in total. The number of carbonyl (C=O) groups excluding carboxylic acids is 1. The van der Waals surface area contributed by atoms with E-state index in [9.17, 15) is 20.2 Å². The van der Waals surface area contributed by atoms with Gasteiger partial charge in [-0.15, -0.1) is 0 Å². The predicted octanol–water partition coefficient (Wildman–Crippen LogP) is 6.59. The summed E-state index contributed by atoms with van der Waals surface area (Å²) in [6, 6.07) is 16.0. The molecule has 11 heteroatoms. The van der Waals surface area contributed by atoms with Crippen molar-refractivity contribution in [3.05, 3.63) is 109 Å². The van der Waals surface area contributed by atoms with Gasteiger partial charge in [0.25, 0.3) is 5.69 Å². The molecular formula is C32H30BrN5O5. The van der Waals surface area contributed by atoms with Crippen molar-refractivity contribution in [1.29, 1.82) is 5.26 Å². The monoisotopic (exact) mass is 643 g/mol. The molecule has 1 atom stereocenters. The lowest BCUT2D eigenvalue weighted by Crippen LogP contribution is -2.42. The van der Waals surface area contributed by atoms with Crippen molar-refractivity contribution in [3.8, 4) is 17.6 Å². The van der Waals surface area contributed by atoms with Crippen molar-refractivity contribution in [3.63, 3.8) is 0 Å². The summed E-state index contributed by atoms with van der Waals surface area (Å²) in [5.41, 5.74) is 9.78. The molecule has 1 aromatic heterocycles. The number of hydrogen-bond donors (Lipinski definition) is 1. The number of halogens is 1. The van der Waals surface area contributed by atoms with Gasteiger partial charge in [-0.1, -0.05) is 19.9 Å².